The van der Waals surface area contributed by atoms with Gasteiger partial charge in [0.25, 0.3) is 5.91 Å². The number of carbonyl (C=O) groups excluding carboxylic acids is 2. The van der Waals surface area contributed by atoms with Crippen molar-refractivity contribution in [1.29, 1.82) is 0 Å². The third kappa shape index (κ3) is 3.87. The van der Waals surface area contributed by atoms with Gasteiger partial charge in [-0.2, -0.15) is 5.10 Å². The fourth-order valence-electron chi connectivity index (χ4n) is 3.00. The molecule has 1 aliphatic heterocycles. The summed E-state index contributed by atoms with van der Waals surface area (Å²) in [7, 11) is 1.46. The number of nitrogens with zero attached hydrogens (tertiary/aromatic N) is 3. The number of esters is 1. The van der Waals surface area contributed by atoms with E-state index in [1.54, 1.807) is 22.7 Å². The van der Waals surface area contributed by atoms with Crippen molar-refractivity contribution in [1.82, 2.24) is 14.7 Å². The predicted octanol–water partition coefficient (Wildman–Crippen LogP) is 2.44. The third-order valence-electron chi connectivity index (χ3n) is 4.41. The van der Waals surface area contributed by atoms with Gasteiger partial charge in [-0.15, -0.1) is 0 Å². The first-order valence-electron chi connectivity index (χ1n) is 8.79. The van der Waals surface area contributed by atoms with Crippen molar-refractivity contribution >= 4 is 11.9 Å². The van der Waals surface area contributed by atoms with E-state index in [2.05, 4.69) is 5.10 Å². The van der Waals surface area contributed by atoms with Gasteiger partial charge in [-0.1, -0.05) is 18.2 Å². The zero-order valence-electron chi connectivity index (χ0n) is 15.1. The molecule has 0 unspecified atom stereocenters. The molecule has 7 nitrogen and oxygen atoms in total. The Labute approximate surface area is 152 Å². The zero-order chi connectivity index (χ0) is 18.5. The van der Waals surface area contributed by atoms with Crippen molar-refractivity contribution in [2.45, 2.75) is 32.3 Å². The highest BCUT2D eigenvalue weighted by molar-refractivity contribution is 5.93. The van der Waals surface area contributed by atoms with Gasteiger partial charge < -0.3 is 14.4 Å². The van der Waals surface area contributed by atoms with Crippen molar-refractivity contribution in [3.63, 3.8) is 0 Å². The Kier molecular flexibility index (Phi) is 5.55. The summed E-state index contributed by atoms with van der Waals surface area (Å²) in [6, 6.07) is 9.38. The molecule has 1 aromatic carbocycles. The van der Waals surface area contributed by atoms with Gasteiger partial charge in [-0.3, -0.25) is 4.79 Å². The Morgan fingerprint density at radius 3 is 2.46 bits per heavy atom. The summed E-state index contributed by atoms with van der Waals surface area (Å²) in [6.45, 7) is 3.02. The van der Waals surface area contributed by atoms with Crippen LogP contribution in [0.4, 0.5) is 0 Å². The van der Waals surface area contributed by atoms with Crippen LogP contribution < -0.4 is 4.74 Å². The van der Waals surface area contributed by atoms with E-state index in [0.29, 0.717) is 18.8 Å². The summed E-state index contributed by atoms with van der Waals surface area (Å²) in [4.78, 5) is 26.7. The molecule has 1 atom stereocenters. The maximum atomic E-state index is 12.5. The highest BCUT2D eigenvalue weighted by atomic mass is 16.6. The van der Waals surface area contributed by atoms with E-state index in [1.807, 2.05) is 30.3 Å². The van der Waals surface area contributed by atoms with Gasteiger partial charge in [-0.25, -0.2) is 9.48 Å². The monoisotopic (exact) mass is 357 g/mol. The van der Waals surface area contributed by atoms with Crippen LogP contribution in [0.25, 0.3) is 5.69 Å². The van der Waals surface area contributed by atoms with E-state index in [4.69, 9.17) is 9.47 Å². The molecule has 2 aromatic rings. The number of ether oxygens (including phenoxy) is 2. The second-order valence-corrected chi connectivity index (χ2v) is 6.26. The van der Waals surface area contributed by atoms with Crippen LogP contribution in [0.1, 0.15) is 36.7 Å². The summed E-state index contributed by atoms with van der Waals surface area (Å²) >= 11 is 0. The maximum Gasteiger partial charge on any atom is 0.363 e. The minimum atomic E-state index is -0.854. The molecule has 3 rings (SSSR count). The molecule has 1 amide bonds. The number of methoxy groups -OCH3 is 1. The van der Waals surface area contributed by atoms with E-state index >= 15 is 0 Å². The van der Waals surface area contributed by atoms with Crippen molar-refractivity contribution < 1.29 is 19.1 Å². The van der Waals surface area contributed by atoms with Crippen LogP contribution in [-0.2, 0) is 9.53 Å². The van der Waals surface area contributed by atoms with E-state index in [-0.39, 0.29) is 11.6 Å². The summed E-state index contributed by atoms with van der Waals surface area (Å²) in [5, 5.41) is 4.27. The minimum Gasteiger partial charge on any atom is -0.493 e. The number of rotatable bonds is 5. The number of aromatic nitrogens is 2. The lowest BCUT2D eigenvalue weighted by molar-refractivity contribution is -0.140. The number of hydrogen-bond acceptors (Lipinski definition) is 5. The topological polar surface area (TPSA) is 73.7 Å². The first kappa shape index (κ1) is 18.0. The first-order chi connectivity index (χ1) is 12.6. The quantitative estimate of drug-likeness (QED) is 0.769. The van der Waals surface area contributed by atoms with Crippen molar-refractivity contribution in [2.75, 3.05) is 20.2 Å². The molecular weight excluding hydrogens is 334 g/mol. The van der Waals surface area contributed by atoms with E-state index in [9.17, 15) is 9.59 Å². The van der Waals surface area contributed by atoms with Gasteiger partial charge in [0.05, 0.1) is 19.0 Å². The summed E-state index contributed by atoms with van der Waals surface area (Å²) < 4.78 is 12.2. The van der Waals surface area contributed by atoms with Crippen LogP contribution >= 0.6 is 0 Å². The normalized spacial score (nSPS) is 15.4. The average molecular weight is 357 g/mol. The number of likely N-dealkylation sites (tertiary alicyclic amines) is 1. The fraction of sp³-hybridized carbons (Fsp3) is 0.421. The highest BCUT2D eigenvalue weighted by Gasteiger charge is 2.28. The van der Waals surface area contributed by atoms with E-state index < -0.39 is 12.1 Å². The molecule has 26 heavy (non-hydrogen) atoms. The first-order valence-corrected chi connectivity index (χ1v) is 8.79. The molecule has 1 aromatic heterocycles. The second kappa shape index (κ2) is 8.03. The Morgan fingerprint density at radius 1 is 1.12 bits per heavy atom. The van der Waals surface area contributed by atoms with Crippen molar-refractivity contribution in [2.24, 2.45) is 0 Å². The molecule has 1 aliphatic rings. The number of amides is 1. The lowest BCUT2D eigenvalue weighted by Gasteiger charge is -2.28. The van der Waals surface area contributed by atoms with Gasteiger partial charge in [0.2, 0.25) is 5.69 Å². The van der Waals surface area contributed by atoms with Crippen LogP contribution in [0.15, 0.2) is 36.5 Å². The highest BCUT2D eigenvalue weighted by Crippen LogP contribution is 2.21. The zero-order valence-corrected chi connectivity index (χ0v) is 15.1. The number of hydrogen-bond donors (Lipinski definition) is 0. The SMILES string of the molecule is COc1cn(-c2ccccc2)nc1C(=O)O[C@H](C)C(=O)N1CCCCC1. The molecule has 0 spiro atoms. The Hall–Kier alpha value is -2.83. The van der Waals surface area contributed by atoms with Gasteiger partial charge in [0, 0.05) is 13.1 Å². The average Bonchev–Trinajstić information content (AvgIpc) is 3.13. The molecule has 0 saturated carbocycles. The maximum absolute atomic E-state index is 12.5. The fourth-order valence-corrected chi connectivity index (χ4v) is 3.00. The van der Waals surface area contributed by atoms with Gasteiger partial charge in [0.1, 0.15) is 0 Å². The van der Waals surface area contributed by atoms with Crippen LogP contribution in [0, 0.1) is 0 Å². The van der Waals surface area contributed by atoms with Crippen LogP contribution in [0.3, 0.4) is 0 Å². The smallest absolute Gasteiger partial charge is 0.363 e. The van der Waals surface area contributed by atoms with E-state index in [1.165, 1.54) is 7.11 Å². The second-order valence-electron chi connectivity index (χ2n) is 6.26. The molecule has 0 radical (unpaired) electrons. The Morgan fingerprint density at radius 2 is 1.81 bits per heavy atom. The number of benzene rings is 1. The number of para-hydroxylation sites is 1. The molecule has 7 heteroatoms. The Bertz CT molecular complexity index is 766. The van der Waals surface area contributed by atoms with Crippen LogP contribution in [-0.4, -0.2) is 52.9 Å². The number of piperidine rings is 1. The Balaban J connectivity index is 1.72. The molecule has 0 N–H and O–H groups in total. The third-order valence-corrected chi connectivity index (χ3v) is 4.41. The lowest BCUT2D eigenvalue weighted by Crippen LogP contribution is -2.42. The van der Waals surface area contributed by atoms with Crippen molar-refractivity contribution in [3.8, 4) is 11.4 Å². The summed E-state index contributed by atoms with van der Waals surface area (Å²) in [5.41, 5.74) is 0.844. The molecular formula is C19H23N3O4. The molecule has 0 aliphatic carbocycles. The van der Waals surface area contributed by atoms with Crippen LogP contribution in [0.2, 0.25) is 0 Å². The van der Waals surface area contributed by atoms with Gasteiger partial charge in [0.15, 0.2) is 11.9 Å². The molecule has 1 fully saturated rings. The number of carbonyl (C=O) groups is 2. The standard InChI is InChI=1S/C19H23N3O4/c1-14(18(23)21-11-7-4-8-12-21)26-19(24)17-16(25-2)13-22(20-17)15-9-5-3-6-10-15/h3,5-6,9-10,13-14H,4,7-8,11-12H2,1-2H3/t14-/m1/s1. The molecule has 138 valence electrons. The lowest BCUT2D eigenvalue weighted by atomic mass is 10.1. The van der Waals surface area contributed by atoms with Gasteiger partial charge in [-0.05, 0) is 38.3 Å². The molecule has 2 heterocycles. The van der Waals surface area contributed by atoms with Crippen LogP contribution in [0.5, 0.6) is 5.75 Å². The van der Waals surface area contributed by atoms with E-state index in [0.717, 1.165) is 24.9 Å². The summed E-state index contributed by atoms with van der Waals surface area (Å²) in [5.74, 6) is -0.537. The largest absolute Gasteiger partial charge is 0.493 e. The molecule has 0 bridgehead atoms. The minimum absolute atomic E-state index is 0.0506. The summed E-state index contributed by atoms with van der Waals surface area (Å²) in [6.07, 6.45) is 3.87. The predicted molar refractivity (Wildman–Crippen MR) is 95.4 cm³/mol. The molecule has 1 saturated heterocycles. The van der Waals surface area contributed by atoms with Gasteiger partial charge >= 0.3 is 5.97 Å². The van der Waals surface area contributed by atoms with Crippen molar-refractivity contribution in [3.05, 3.63) is 42.2 Å².